The molecule has 3 atom stereocenters. The van der Waals surface area contributed by atoms with E-state index >= 15 is 0 Å². The Morgan fingerprint density at radius 2 is 1.79 bits per heavy atom. The lowest BCUT2D eigenvalue weighted by Crippen LogP contribution is -2.54. The van der Waals surface area contributed by atoms with Crippen LogP contribution in [0, 0.1) is 10.5 Å². The Kier molecular flexibility index (Phi) is 12.7. The van der Waals surface area contributed by atoms with Gasteiger partial charge in [0.25, 0.3) is 0 Å². The molecule has 3 N–H and O–H groups in total. The second-order valence-corrected chi connectivity index (χ2v) is 11.3. The minimum atomic E-state index is -1.04. The highest BCUT2D eigenvalue weighted by Crippen LogP contribution is 2.31. The summed E-state index contributed by atoms with van der Waals surface area (Å²) in [4.78, 5) is 28.4. The van der Waals surface area contributed by atoms with Crippen LogP contribution in [0.4, 0.5) is 0 Å². The van der Waals surface area contributed by atoms with Crippen molar-refractivity contribution < 1.29 is 24.5 Å². The summed E-state index contributed by atoms with van der Waals surface area (Å²) in [5.41, 5.74) is 2.52. The quantitative estimate of drug-likeness (QED) is 0.200. The molecule has 0 aliphatic heterocycles. The van der Waals surface area contributed by atoms with Crippen molar-refractivity contribution in [2.45, 2.75) is 83.6 Å². The number of hydrogen-bond donors (Lipinski definition) is 3. The molecule has 0 bridgehead atoms. The average molecular weight is 649 g/mol. The Bertz CT molecular complexity index is 1100. The predicted octanol–water partition coefficient (Wildman–Crippen LogP) is 4.90. The zero-order valence-corrected chi connectivity index (χ0v) is 25.1. The van der Waals surface area contributed by atoms with Crippen LogP contribution in [0.2, 0.25) is 0 Å². The van der Waals surface area contributed by atoms with Crippen molar-refractivity contribution in [2.24, 2.45) is 0 Å². The topological polar surface area (TPSA) is 99.1 Å². The fourth-order valence-corrected chi connectivity index (χ4v) is 5.28. The second kappa shape index (κ2) is 16.0. The minimum Gasteiger partial charge on any atom is -0.482 e. The maximum absolute atomic E-state index is 13.7. The third-order valence-electron chi connectivity index (χ3n) is 7.00. The molecular weight excluding hydrogens is 607 g/mol. The van der Waals surface area contributed by atoms with E-state index in [1.807, 2.05) is 55.5 Å². The van der Waals surface area contributed by atoms with Gasteiger partial charge in [0.05, 0.1) is 16.2 Å². The van der Waals surface area contributed by atoms with Crippen LogP contribution in [0.25, 0.3) is 0 Å². The Labute approximate surface area is 245 Å². The molecule has 0 radical (unpaired) electrons. The number of para-hydroxylation sites is 1. The van der Waals surface area contributed by atoms with E-state index in [0.29, 0.717) is 24.3 Å². The molecule has 2 aromatic carbocycles. The number of nitrogens with zero attached hydrogens (tertiary/aromatic N) is 1. The van der Waals surface area contributed by atoms with Crippen molar-refractivity contribution in [1.82, 2.24) is 10.2 Å². The van der Waals surface area contributed by atoms with E-state index in [2.05, 4.69) is 34.8 Å². The summed E-state index contributed by atoms with van der Waals surface area (Å²) in [6.07, 6.45) is 5.51. The molecule has 0 saturated heterocycles. The Hall–Kier alpha value is -2.43. The number of ether oxygens (including phenoxy) is 1. The van der Waals surface area contributed by atoms with E-state index in [1.165, 1.54) is 0 Å². The number of rotatable bonds is 14. The van der Waals surface area contributed by atoms with Crippen molar-refractivity contribution in [3.63, 3.8) is 0 Å². The van der Waals surface area contributed by atoms with Crippen LogP contribution < -0.4 is 10.1 Å². The molecule has 2 aromatic rings. The summed E-state index contributed by atoms with van der Waals surface area (Å²) < 4.78 is 7.11. The van der Waals surface area contributed by atoms with Crippen LogP contribution in [0.5, 0.6) is 5.75 Å². The smallest absolute Gasteiger partial charge is 0.247 e. The van der Waals surface area contributed by atoms with Crippen LogP contribution in [-0.4, -0.2) is 58.3 Å². The summed E-state index contributed by atoms with van der Waals surface area (Å²) >= 11 is 2.17. The molecule has 2 amide bonds. The van der Waals surface area contributed by atoms with Gasteiger partial charge in [-0.1, -0.05) is 74.6 Å². The molecule has 39 heavy (non-hydrogen) atoms. The number of carbonyl (C=O) groups is 2. The molecule has 0 spiro atoms. The SMILES string of the molecule is CCCCCCCC(=O)N(Cc1ccc(C)cc1)[C@@H]1CC(C(=O)NCCO)=C[C@H](Oc2ccccc2I)[C@H]1O. The van der Waals surface area contributed by atoms with Crippen molar-refractivity contribution in [3.05, 3.63) is 74.9 Å². The molecule has 212 valence electrons. The predicted molar refractivity (Wildman–Crippen MR) is 161 cm³/mol. The zero-order valence-electron chi connectivity index (χ0n) is 22.9. The third-order valence-corrected chi connectivity index (χ3v) is 7.89. The van der Waals surface area contributed by atoms with Gasteiger partial charge < -0.3 is 25.2 Å². The second-order valence-electron chi connectivity index (χ2n) is 10.1. The lowest BCUT2D eigenvalue weighted by Gasteiger charge is -2.40. The highest BCUT2D eigenvalue weighted by atomic mass is 127. The number of halogens is 1. The molecule has 1 aliphatic rings. The fraction of sp³-hybridized carbons (Fsp3) is 0.484. The molecule has 1 aliphatic carbocycles. The first-order valence-electron chi connectivity index (χ1n) is 13.9. The summed E-state index contributed by atoms with van der Waals surface area (Å²) in [6, 6.07) is 14.9. The summed E-state index contributed by atoms with van der Waals surface area (Å²) in [7, 11) is 0. The molecule has 0 heterocycles. The first-order valence-corrected chi connectivity index (χ1v) is 15.0. The van der Waals surface area contributed by atoms with Gasteiger partial charge >= 0.3 is 0 Å². The summed E-state index contributed by atoms with van der Waals surface area (Å²) in [5.74, 6) is 0.224. The van der Waals surface area contributed by atoms with E-state index in [1.54, 1.807) is 11.0 Å². The standard InChI is InChI=1S/C31H41IN2O5/c1-3-4-5-6-7-12-29(36)34(21-23-15-13-22(2)14-16-23)26-19-24(31(38)33-17-18-35)20-28(30(26)37)39-27-11-9-8-10-25(27)32/h8-11,13-16,20,26,28,30,35,37H,3-7,12,17-19,21H2,1-2H3,(H,33,38)/t26-,28+,30+/m1/s1. The van der Waals surface area contributed by atoms with E-state index in [9.17, 15) is 19.8 Å². The van der Waals surface area contributed by atoms with Gasteiger partial charge in [-0.25, -0.2) is 0 Å². The number of aliphatic hydroxyl groups excluding tert-OH is 2. The zero-order chi connectivity index (χ0) is 28.2. The van der Waals surface area contributed by atoms with Crippen LogP contribution in [0.15, 0.2) is 60.2 Å². The monoisotopic (exact) mass is 648 g/mol. The highest BCUT2D eigenvalue weighted by molar-refractivity contribution is 14.1. The minimum absolute atomic E-state index is 0.0406. The fourth-order valence-electron chi connectivity index (χ4n) is 4.77. The van der Waals surface area contributed by atoms with E-state index in [4.69, 9.17) is 4.74 Å². The molecule has 0 unspecified atom stereocenters. The van der Waals surface area contributed by atoms with Crippen LogP contribution >= 0.6 is 22.6 Å². The number of unbranched alkanes of at least 4 members (excludes halogenated alkanes) is 4. The summed E-state index contributed by atoms with van der Waals surface area (Å²) in [5, 5.41) is 23.5. The lowest BCUT2D eigenvalue weighted by atomic mass is 9.87. The van der Waals surface area contributed by atoms with Gasteiger partial charge in [0.2, 0.25) is 11.8 Å². The average Bonchev–Trinajstić information content (AvgIpc) is 2.93. The van der Waals surface area contributed by atoms with Crippen molar-refractivity contribution in [1.29, 1.82) is 0 Å². The third kappa shape index (κ3) is 9.32. The van der Waals surface area contributed by atoms with Gasteiger partial charge in [0.15, 0.2) is 0 Å². The number of aryl methyl sites for hydroxylation is 1. The number of benzene rings is 2. The molecule has 3 rings (SSSR count). The van der Waals surface area contributed by atoms with Gasteiger partial charge in [0, 0.05) is 31.5 Å². The van der Waals surface area contributed by atoms with Crippen molar-refractivity contribution in [2.75, 3.05) is 13.2 Å². The van der Waals surface area contributed by atoms with Gasteiger partial charge in [-0.2, -0.15) is 0 Å². The Morgan fingerprint density at radius 1 is 1.08 bits per heavy atom. The van der Waals surface area contributed by atoms with Crippen LogP contribution in [0.3, 0.4) is 0 Å². The first kappa shape index (κ1) is 31.1. The number of carbonyl (C=O) groups excluding carboxylic acids is 2. The van der Waals surface area contributed by atoms with Crippen LogP contribution in [0.1, 0.15) is 63.0 Å². The number of amides is 2. The normalized spacial score (nSPS) is 18.8. The number of nitrogens with one attached hydrogen (secondary N) is 1. The summed E-state index contributed by atoms with van der Waals surface area (Å²) in [6.45, 7) is 4.45. The lowest BCUT2D eigenvalue weighted by molar-refractivity contribution is -0.139. The Morgan fingerprint density at radius 3 is 2.49 bits per heavy atom. The van der Waals surface area contributed by atoms with Crippen molar-refractivity contribution >= 4 is 34.4 Å². The Balaban J connectivity index is 1.91. The number of aliphatic hydroxyl groups is 2. The van der Waals surface area contributed by atoms with Gasteiger partial charge in [-0.15, -0.1) is 0 Å². The molecule has 8 heteroatoms. The molecule has 7 nitrogen and oxygen atoms in total. The van der Waals surface area contributed by atoms with Gasteiger partial charge in [-0.3, -0.25) is 9.59 Å². The molecule has 0 fully saturated rings. The van der Waals surface area contributed by atoms with Crippen molar-refractivity contribution in [3.8, 4) is 5.75 Å². The van der Waals surface area contributed by atoms with E-state index < -0.39 is 18.2 Å². The maximum Gasteiger partial charge on any atom is 0.247 e. The first-order chi connectivity index (χ1) is 18.8. The van der Waals surface area contributed by atoms with E-state index in [-0.39, 0.29) is 31.4 Å². The molecular formula is C31H41IN2O5. The molecule has 0 aromatic heterocycles. The van der Waals surface area contributed by atoms with Crippen LogP contribution in [-0.2, 0) is 16.1 Å². The van der Waals surface area contributed by atoms with Gasteiger partial charge in [0.1, 0.15) is 18.0 Å². The highest BCUT2D eigenvalue weighted by Gasteiger charge is 2.40. The van der Waals surface area contributed by atoms with Gasteiger partial charge in [-0.05, 0) is 59.7 Å². The maximum atomic E-state index is 13.7. The molecule has 0 saturated carbocycles. The number of hydrogen-bond acceptors (Lipinski definition) is 5. The van der Waals surface area contributed by atoms with E-state index in [0.717, 1.165) is 46.8 Å². The largest absolute Gasteiger partial charge is 0.482 e.